The second-order valence-electron chi connectivity index (χ2n) is 4.90. The van der Waals surface area contributed by atoms with E-state index in [4.69, 9.17) is 0 Å². The first kappa shape index (κ1) is 16.0. The third kappa shape index (κ3) is 3.24. The predicted octanol–water partition coefficient (Wildman–Crippen LogP) is 4.43. The molecule has 0 aliphatic carbocycles. The zero-order chi connectivity index (χ0) is 17.1. The monoisotopic (exact) mass is 343 g/mol. The molecule has 120 valence electrons. The maximum atomic E-state index is 13.6. The van der Waals surface area contributed by atoms with Gasteiger partial charge in [-0.05, 0) is 24.3 Å². The van der Waals surface area contributed by atoms with Gasteiger partial charge in [-0.15, -0.1) is 11.8 Å². The number of para-hydroxylation sites is 2. The minimum Gasteiger partial charge on any atom is -0.510 e. The molecule has 7 heteroatoms. The Bertz CT molecular complexity index is 942. The van der Waals surface area contributed by atoms with Gasteiger partial charge in [0.15, 0.2) is 5.82 Å². The number of aromatic nitrogens is 2. The molecule has 0 saturated carbocycles. The number of fused-ring (bicyclic) bond motifs is 1. The third-order valence-electron chi connectivity index (χ3n) is 3.28. The van der Waals surface area contributed by atoms with E-state index in [0.717, 1.165) is 29.4 Å². The Kier molecular flexibility index (Phi) is 4.49. The zero-order valence-electron chi connectivity index (χ0n) is 12.3. The number of benzene rings is 2. The summed E-state index contributed by atoms with van der Waals surface area (Å²) in [5.74, 6) is -1.41. The van der Waals surface area contributed by atoms with E-state index in [9.17, 15) is 19.1 Å². The summed E-state index contributed by atoms with van der Waals surface area (Å²) in [5.41, 5.74) is 1.40. The smallest absolute Gasteiger partial charge is 0.152 e. The molecule has 1 heterocycles. The summed E-state index contributed by atoms with van der Waals surface area (Å²) < 4.78 is 26.5. The Morgan fingerprint density at radius 3 is 2.75 bits per heavy atom. The highest BCUT2D eigenvalue weighted by Gasteiger charge is 2.14. The lowest BCUT2D eigenvalue weighted by atomic mass is 10.2. The summed E-state index contributed by atoms with van der Waals surface area (Å²) in [6, 6.07) is 12.3. The molecule has 2 N–H and O–H groups in total. The first-order chi connectivity index (χ1) is 11.6. The molecular formula is C17H11F2N3OS. The van der Waals surface area contributed by atoms with Gasteiger partial charge >= 0.3 is 0 Å². The molecule has 24 heavy (non-hydrogen) atoms. The van der Waals surface area contributed by atoms with Crippen LogP contribution in [0.4, 0.5) is 8.78 Å². The summed E-state index contributed by atoms with van der Waals surface area (Å²) in [4.78, 5) is 7.41. The Hall–Kier alpha value is -2.85. The van der Waals surface area contributed by atoms with Crippen LogP contribution < -0.4 is 0 Å². The second-order valence-corrected chi connectivity index (χ2v) is 5.92. The maximum Gasteiger partial charge on any atom is 0.152 e. The maximum absolute atomic E-state index is 13.6. The molecular weight excluding hydrogens is 332 g/mol. The lowest BCUT2D eigenvalue weighted by molar-refractivity contribution is 0.420. The van der Waals surface area contributed by atoms with Crippen molar-refractivity contribution in [3.63, 3.8) is 0 Å². The second kappa shape index (κ2) is 6.72. The molecule has 3 rings (SSSR count). The van der Waals surface area contributed by atoms with Gasteiger partial charge in [-0.2, -0.15) is 5.26 Å². The van der Waals surface area contributed by atoms with Gasteiger partial charge in [-0.1, -0.05) is 12.1 Å². The summed E-state index contributed by atoms with van der Waals surface area (Å²) in [6.45, 7) is 0. The highest BCUT2D eigenvalue weighted by atomic mass is 32.2. The number of nitrogens with zero attached hydrogens (tertiary/aromatic N) is 2. The standard InChI is InChI=1S/C17H11F2N3OS/c18-10-5-6-16(12(19)7-10)24-9-15(23)11(8-20)17-21-13-3-1-2-4-14(13)22-17/h1-7,23H,9H2,(H,21,22)/b15-11-. The van der Waals surface area contributed by atoms with Crippen molar-refractivity contribution in [1.29, 1.82) is 5.26 Å². The van der Waals surface area contributed by atoms with Crippen LogP contribution in [0.1, 0.15) is 5.82 Å². The average Bonchev–Trinajstić information content (AvgIpc) is 2.98. The van der Waals surface area contributed by atoms with Crippen molar-refractivity contribution in [1.82, 2.24) is 9.97 Å². The molecule has 4 nitrogen and oxygen atoms in total. The summed E-state index contributed by atoms with van der Waals surface area (Å²) in [7, 11) is 0. The third-order valence-corrected chi connectivity index (χ3v) is 4.34. The normalized spacial score (nSPS) is 12.0. The van der Waals surface area contributed by atoms with Crippen molar-refractivity contribution in [3.05, 3.63) is 65.7 Å². The summed E-state index contributed by atoms with van der Waals surface area (Å²) in [5, 5.41) is 19.5. The number of aromatic amines is 1. The fourth-order valence-electron chi connectivity index (χ4n) is 2.14. The van der Waals surface area contributed by atoms with Gasteiger partial charge in [0.2, 0.25) is 0 Å². The Morgan fingerprint density at radius 2 is 2.04 bits per heavy atom. The van der Waals surface area contributed by atoms with E-state index in [1.807, 2.05) is 18.2 Å². The number of rotatable bonds is 4. The number of nitriles is 1. The van der Waals surface area contributed by atoms with E-state index in [2.05, 4.69) is 9.97 Å². The van der Waals surface area contributed by atoms with Crippen molar-refractivity contribution in [2.24, 2.45) is 0 Å². The van der Waals surface area contributed by atoms with Gasteiger partial charge in [0.1, 0.15) is 29.0 Å². The van der Waals surface area contributed by atoms with E-state index in [0.29, 0.717) is 5.52 Å². The van der Waals surface area contributed by atoms with Crippen LogP contribution in [-0.2, 0) is 0 Å². The molecule has 0 aliphatic rings. The summed E-state index contributed by atoms with van der Waals surface area (Å²) >= 11 is 0.967. The molecule has 0 spiro atoms. The highest BCUT2D eigenvalue weighted by molar-refractivity contribution is 7.99. The number of nitrogens with one attached hydrogen (secondary N) is 1. The molecule has 0 saturated heterocycles. The van der Waals surface area contributed by atoms with Crippen LogP contribution in [0, 0.1) is 23.0 Å². The topological polar surface area (TPSA) is 72.7 Å². The van der Waals surface area contributed by atoms with Crippen LogP contribution in [0.2, 0.25) is 0 Å². The van der Waals surface area contributed by atoms with Crippen molar-refractivity contribution in [3.8, 4) is 6.07 Å². The largest absolute Gasteiger partial charge is 0.510 e. The lowest BCUT2D eigenvalue weighted by Crippen LogP contribution is -1.95. The van der Waals surface area contributed by atoms with Crippen LogP contribution >= 0.6 is 11.8 Å². The number of thioether (sulfide) groups is 1. The molecule has 0 fully saturated rings. The Balaban J connectivity index is 1.86. The van der Waals surface area contributed by atoms with Crippen molar-refractivity contribution in [2.75, 3.05) is 5.75 Å². The van der Waals surface area contributed by atoms with Crippen LogP contribution in [0.3, 0.4) is 0 Å². The van der Waals surface area contributed by atoms with E-state index in [1.165, 1.54) is 6.07 Å². The number of aliphatic hydroxyl groups is 1. The molecule has 0 atom stereocenters. The van der Waals surface area contributed by atoms with Gasteiger partial charge in [0, 0.05) is 11.0 Å². The lowest BCUT2D eigenvalue weighted by Gasteiger charge is -2.04. The van der Waals surface area contributed by atoms with Crippen LogP contribution in [0.15, 0.2) is 53.1 Å². The van der Waals surface area contributed by atoms with Crippen LogP contribution in [-0.4, -0.2) is 20.8 Å². The molecule has 1 aromatic heterocycles. The van der Waals surface area contributed by atoms with E-state index in [-0.39, 0.29) is 27.8 Å². The summed E-state index contributed by atoms with van der Waals surface area (Å²) in [6.07, 6.45) is 0. The van der Waals surface area contributed by atoms with Gasteiger partial charge in [0.25, 0.3) is 0 Å². The van der Waals surface area contributed by atoms with E-state index < -0.39 is 11.6 Å². The van der Waals surface area contributed by atoms with Crippen LogP contribution in [0.5, 0.6) is 0 Å². The van der Waals surface area contributed by atoms with Crippen molar-refractivity contribution in [2.45, 2.75) is 4.90 Å². The van der Waals surface area contributed by atoms with Gasteiger partial charge < -0.3 is 10.1 Å². The number of hydrogen-bond acceptors (Lipinski definition) is 4. The Labute approximate surface area is 140 Å². The van der Waals surface area contributed by atoms with Gasteiger partial charge in [-0.25, -0.2) is 13.8 Å². The highest BCUT2D eigenvalue weighted by Crippen LogP contribution is 2.26. The first-order valence-corrected chi connectivity index (χ1v) is 7.92. The average molecular weight is 343 g/mol. The van der Waals surface area contributed by atoms with E-state index >= 15 is 0 Å². The molecule has 3 aromatic rings. The fourth-order valence-corrected chi connectivity index (χ4v) is 2.93. The number of aliphatic hydroxyl groups excluding tert-OH is 1. The number of H-pyrrole nitrogens is 1. The molecule has 0 unspecified atom stereocenters. The van der Waals surface area contributed by atoms with Gasteiger partial charge in [0.05, 0.1) is 16.8 Å². The molecule has 0 aliphatic heterocycles. The van der Waals surface area contributed by atoms with Crippen molar-refractivity contribution < 1.29 is 13.9 Å². The Morgan fingerprint density at radius 1 is 1.25 bits per heavy atom. The quantitative estimate of drug-likeness (QED) is 0.418. The molecule has 0 amide bonds. The first-order valence-electron chi connectivity index (χ1n) is 6.93. The number of halogens is 2. The zero-order valence-corrected chi connectivity index (χ0v) is 13.1. The molecule has 2 aromatic carbocycles. The minimum atomic E-state index is -0.713. The van der Waals surface area contributed by atoms with Gasteiger partial charge in [-0.3, -0.25) is 0 Å². The van der Waals surface area contributed by atoms with E-state index in [1.54, 1.807) is 12.1 Å². The SMILES string of the molecule is N#C/C(=C(/O)CSc1ccc(F)cc1F)c1nc2ccccc2[nH]1. The predicted molar refractivity (Wildman–Crippen MR) is 88.3 cm³/mol. The van der Waals surface area contributed by atoms with Crippen LogP contribution in [0.25, 0.3) is 16.6 Å². The van der Waals surface area contributed by atoms with Crippen molar-refractivity contribution >= 4 is 28.4 Å². The number of imidazole rings is 1. The number of allylic oxidation sites excluding steroid dienone is 1. The molecule has 0 radical (unpaired) electrons. The number of hydrogen-bond donors (Lipinski definition) is 2. The molecule has 0 bridgehead atoms. The fraction of sp³-hybridized carbons (Fsp3) is 0.0588. The minimum absolute atomic E-state index is 0.0128.